The molecule has 4 rings (SSSR count). The number of hydrogen-bond acceptors (Lipinski definition) is 5. The lowest BCUT2D eigenvalue weighted by Crippen LogP contribution is -2.45. The van der Waals surface area contributed by atoms with Crippen molar-refractivity contribution in [3.63, 3.8) is 0 Å². The zero-order valence-corrected chi connectivity index (χ0v) is 17.1. The Morgan fingerprint density at radius 2 is 1.93 bits per heavy atom. The number of hydrogen-bond donors (Lipinski definition) is 0. The average molecular weight is 386 g/mol. The SMILES string of the molecule is CC(=O)N1CCCC1c1ncc2c(n1)CCN(C(=O)CN1CCC(C)CC1)C2. The Hall–Kier alpha value is -2.02. The van der Waals surface area contributed by atoms with Crippen molar-refractivity contribution in [2.24, 2.45) is 5.92 Å². The molecule has 1 aromatic rings. The van der Waals surface area contributed by atoms with Crippen LogP contribution < -0.4 is 0 Å². The second kappa shape index (κ2) is 8.15. The van der Waals surface area contributed by atoms with Gasteiger partial charge in [-0.05, 0) is 44.7 Å². The third kappa shape index (κ3) is 4.04. The van der Waals surface area contributed by atoms with Crippen molar-refractivity contribution in [2.45, 2.75) is 58.5 Å². The highest BCUT2D eigenvalue weighted by molar-refractivity contribution is 5.78. The molecule has 3 aliphatic rings. The molecule has 0 radical (unpaired) electrons. The predicted molar refractivity (Wildman–Crippen MR) is 105 cm³/mol. The quantitative estimate of drug-likeness (QED) is 0.793. The van der Waals surface area contributed by atoms with Gasteiger partial charge in [-0.2, -0.15) is 0 Å². The number of likely N-dealkylation sites (tertiary alicyclic amines) is 2. The van der Waals surface area contributed by atoms with Crippen molar-refractivity contribution < 1.29 is 9.59 Å². The van der Waals surface area contributed by atoms with Crippen LogP contribution in [0.1, 0.15) is 62.7 Å². The van der Waals surface area contributed by atoms with E-state index in [4.69, 9.17) is 4.98 Å². The van der Waals surface area contributed by atoms with E-state index in [1.807, 2.05) is 16.0 Å². The lowest BCUT2D eigenvalue weighted by atomic mass is 9.99. The number of aromatic nitrogens is 2. The second-order valence-electron chi connectivity index (χ2n) is 8.59. The summed E-state index contributed by atoms with van der Waals surface area (Å²) in [4.78, 5) is 40.1. The maximum Gasteiger partial charge on any atom is 0.237 e. The Morgan fingerprint density at radius 3 is 2.68 bits per heavy atom. The first-order valence-corrected chi connectivity index (χ1v) is 10.6. The fourth-order valence-electron chi connectivity index (χ4n) is 4.63. The third-order valence-electron chi connectivity index (χ3n) is 6.50. The normalized spacial score (nSPS) is 23.7. The first-order valence-electron chi connectivity index (χ1n) is 10.6. The van der Waals surface area contributed by atoms with Gasteiger partial charge in [-0.3, -0.25) is 14.5 Å². The van der Waals surface area contributed by atoms with Gasteiger partial charge in [0, 0.05) is 44.7 Å². The average Bonchev–Trinajstić information content (AvgIpc) is 3.19. The van der Waals surface area contributed by atoms with Crippen LogP contribution in [-0.4, -0.2) is 69.2 Å². The minimum atomic E-state index is 0.00366. The summed E-state index contributed by atoms with van der Waals surface area (Å²) in [5.41, 5.74) is 2.08. The number of carbonyl (C=O) groups excluding carboxylic acids is 2. The fraction of sp³-hybridized carbons (Fsp3) is 0.714. The molecule has 4 heterocycles. The molecule has 1 unspecified atom stereocenters. The zero-order chi connectivity index (χ0) is 19.7. The molecule has 0 aliphatic carbocycles. The van der Waals surface area contributed by atoms with Gasteiger partial charge in [0.2, 0.25) is 11.8 Å². The highest BCUT2D eigenvalue weighted by atomic mass is 16.2. The van der Waals surface area contributed by atoms with Crippen LogP contribution in [0.2, 0.25) is 0 Å². The van der Waals surface area contributed by atoms with Crippen molar-refractivity contribution in [3.05, 3.63) is 23.3 Å². The molecule has 0 saturated carbocycles. The molecule has 0 aromatic carbocycles. The highest BCUT2D eigenvalue weighted by Gasteiger charge is 2.31. The number of nitrogens with zero attached hydrogens (tertiary/aromatic N) is 5. The van der Waals surface area contributed by atoms with Crippen LogP contribution in [0, 0.1) is 5.92 Å². The Morgan fingerprint density at radius 1 is 1.14 bits per heavy atom. The Labute approximate surface area is 167 Å². The Balaban J connectivity index is 1.39. The van der Waals surface area contributed by atoms with Crippen LogP contribution in [0.3, 0.4) is 0 Å². The molecule has 28 heavy (non-hydrogen) atoms. The van der Waals surface area contributed by atoms with E-state index in [-0.39, 0.29) is 17.9 Å². The summed E-state index contributed by atoms with van der Waals surface area (Å²) in [6.07, 6.45) is 6.94. The molecule has 3 aliphatic heterocycles. The van der Waals surface area contributed by atoms with Gasteiger partial charge >= 0.3 is 0 Å². The van der Waals surface area contributed by atoms with Gasteiger partial charge in [-0.15, -0.1) is 0 Å². The van der Waals surface area contributed by atoms with E-state index < -0.39 is 0 Å². The molecule has 7 heteroatoms. The topological polar surface area (TPSA) is 69.6 Å². The minimum Gasteiger partial charge on any atom is -0.337 e. The molecule has 1 atom stereocenters. The lowest BCUT2D eigenvalue weighted by molar-refractivity contribution is -0.134. The van der Waals surface area contributed by atoms with Gasteiger partial charge in [-0.25, -0.2) is 9.97 Å². The van der Waals surface area contributed by atoms with E-state index in [9.17, 15) is 9.59 Å². The number of rotatable bonds is 3. The van der Waals surface area contributed by atoms with Crippen LogP contribution in [0.4, 0.5) is 0 Å². The van der Waals surface area contributed by atoms with Gasteiger partial charge in [0.15, 0.2) is 5.82 Å². The van der Waals surface area contributed by atoms with E-state index in [1.54, 1.807) is 6.92 Å². The van der Waals surface area contributed by atoms with Crippen LogP contribution in [0.15, 0.2) is 6.20 Å². The molecule has 1 aromatic heterocycles. The molecule has 0 bridgehead atoms. The second-order valence-corrected chi connectivity index (χ2v) is 8.59. The largest absolute Gasteiger partial charge is 0.337 e. The van der Waals surface area contributed by atoms with Crippen molar-refractivity contribution in [3.8, 4) is 0 Å². The van der Waals surface area contributed by atoms with Gasteiger partial charge < -0.3 is 9.80 Å². The predicted octanol–water partition coefficient (Wildman–Crippen LogP) is 1.78. The minimum absolute atomic E-state index is 0.00366. The van der Waals surface area contributed by atoms with E-state index in [2.05, 4.69) is 16.8 Å². The molecular weight excluding hydrogens is 354 g/mol. The molecule has 2 saturated heterocycles. The molecule has 7 nitrogen and oxygen atoms in total. The van der Waals surface area contributed by atoms with E-state index >= 15 is 0 Å². The van der Waals surface area contributed by atoms with Crippen LogP contribution in [0.5, 0.6) is 0 Å². The van der Waals surface area contributed by atoms with E-state index in [0.29, 0.717) is 19.6 Å². The van der Waals surface area contributed by atoms with Gasteiger partial charge in [0.25, 0.3) is 0 Å². The van der Waals surface area contributed by atoms with Gasteiger partial charge in [-0.1, -0.05) is 6.92 Å². The number of amides is 2. The lowest BCUT2D eigenvalue weighted by Gasteiger charge is -2.33. The molecule has 2 amide bonds. The number of fused-ring (bicyclic) bond motifs is 1. The zero-order valence-electron chi connectivity index (χ0n) is 17.1. The van der Waals surface area contributed by atoms with Gasteiger partial charge in [0.1, 0.15) is 0 Å². The van der Waals surface area contributed by atoms with Crippen molar-refractivity contribution >= 4 is 11.8 Å². The van der Waals surface area contributed by atoms with Crippen LogP contribution in [-0.2, 0) is 22.6 Å². The summed E-state index contributed by atoms with van der Waals surface area (Å²) in [6.45, 7) is 8.58. The van der Waals surface area contributed by atoms with Crippen LogP contribution in [0.25, 0.3) is 0 Å². The monoisotopic (exact) mass is 385 g/mol. The summed E-state index contributed by atoms with van der Waals surface area (Å²) in [7, 11) is 0. The summed E-state index contributed by atoms with van der Waals surface area (Å²) >= 11 is 0. The number of carbonyl (C=O) groups is 2. The highest BCUT2D eigenvalue weighted by Crippen LogP contribution is 2.30. The number of piperidine rings is 1. The fourth-order valence-corrected chi connectivity index (χ4v) is 4.63. The maximum atomic E-state index is 12.8. The standard InChI is InChI=1S/C21H31N5O2/c1-15-5-9-24(10-6-15)14-20(28)25-11-7-18-17(13-25)12-22-21(23-18)19-4-3-8-26(19)16(2)27/h12,15,19H,3-11,13-14H2,1-2H3. The molecule has 152 valence electrons. The molecule has 0 N–H and O–H groups in total. The summed E-state index contributed by atoms with van der Waals surface area (Å²) < 4.78 is 0. The molecule has 2 fully saturated rings. The van der Waals surface area contributed by atoms with Crippen molar-refractivity contribution in [1.29, 1.82) is 0 Å². The maximum absolute atomic E-state index is 12.8. The van der Waals surface area contributed by atoms with E-state index in [1.165, 1.54) is 12.8 Å². The molecular formula is C21H31N5O2. The first-order chi connectivity index (χ1) is 13.5. The van der Waals surface area contributed by atoms with Gasteiger partial charge in [0.05, 0.1) is 18.3 Å². The Kier molecular flexibility index (Phi) is 5.62. The van der Waals surface area contributed by atoms with Crippen molar-refractivity contribution in [2.75, 3.05) is 32.7 Å². The summed E-state index contributed by atoms with van der Waals surface area (Å²) in [6, 6.07) is 0.00366. The summed E-state index contributed by atoms with van der Waals surface area (Å²) in [5.74, 6) is 1.84. The van der Waals surface area contributed by atoms with E-state index in [0.717, 1.165) is 61.9 Å². The van der Waals surface area contributed by atoms with Crippen molar-refractivity contribution in [1.82, 2.24) is 24.7 Å². The van der Waals surface area contributed by atoms with Crippen LogP contribution >= 0.6 is 0 Å². The summed E-state index contributed by atoms with van der Waals surface area (Å²) in [5, 5.41) is 0. The Bertz CT molecular complexity index is 744. The first kappa shape index (κ1) is 19.3. The molecule has 0 spiro atoms. The smallest absolute Gasteiger partial charge is 0.237 e. The third-order valence-corrected chi connectivity index (χ3v) is 6.50.